The highest BCUT2D eigenvalue weighted by Gasteiger charge is 2.17. The van der Waals surface area contributed by atoms with Crippen LogP contribution in [0.3, 0.4) is 0 Å². The van der Waals surface area contributed by atoms with Gasteiger partial charge in [-0.05, 0) is 26.8 Å². The Balaban J connectivity index is 3.67. The smallest absolute Gasteiger partial charge is 0.0220 e. The Bertz CT molecular complexity index is 168. The van der Waals surface area contributed by atoms with Gasteiger partial charge in [-0.2, -0.15) is 0 Å². The summed E-state index contributed by atoms with van der Waals surface area (Å²) < 4.78 is 0. The van der Waals surface area contributed by atoms with Crippen LogP contribution in [0.15, 0.2) is 0 Å². The molecule has 0 aliphatic heterocycles. The Kier molecular flexibility index (Phi) is 11.9. The summed E-state index contributed by atoms with van der Waals surface area (Å²) in [6, 6.07) is 1.21. The second kappa shape index (κ2) is 12.0. The molecule has 0 radical (unpaired) electrons. The molecule has 0 fully saturated rings. The lowest BCUT2D eigenvalue weighted by atomic mass is 10.0. The van der Waals surface area contributed by atoms with E-state index in [1.54, 1.807) is 0 Å². The van der Waals surface area contributed by atoms with Crippen molar-refractivity contribution in [2.24, 2.45) is 5.73 Å². The van der Waals surface area contributed by atoms with Crippen LogP contribution in [0.25, 0.3) is 0 Å². The van der Waals surface area contributed by atoms with Gasteiger partial charge in [-0.15, -0.1) is 0 Å². The average molecular weight is 256 g/mol. The summed E-state index contributed by atoms with van der Waals surface area (Å²) in [5.41, 5.74) is 5.93. The van der Waals surface area contributed by atoms with Gasteiger partial charge in [0.2, 0.25) is 0 Å². The Morgan fingerprint density at radius 3 is 1.89 bits per heavy atom. The summed E-state index contributed by atoms with van der Waals surface area (Å²) in [5.74, 6) is 0. The van der Waals surface area contributed by atoms with Gasteiger partial charge in [-0.1, -0.05) is 58.8 Å². The Morgan fingerprint density at radius 2 is 1.44 bits per heavy atom. The van der Waals surface area contributed by atoms with E-state index in [0.29, 0.717) is 12.1 Å². The van der Waals surface area contributed by atoms with Crippen LogP contribution in [0.5, 0.6) is 0 Å². The lowest BCUT2D eigenvalue weighted by Crippen LogP contribution is -2.44. The Hall–Kier alpha value is -0.0800. The van der Waals surface area contributed by atoms with E-state index in [1.807, 2.05) is 0 Å². The van der Waals surface area contributed by atoms with Crippen molar-refractivity contribution in [3.63, 3.8) is 0 Å². The molecule has 0 rings (SSSR count). The van der Waals surface area contributed by atoms with Crippen LogP contribution in [0, 0.1) is 0 Å². The van der Waals surface area contributed by atoms with Gasteiger partial charge in [0.25, 0.3) is 0 Å². The van der Waals surface area contributed by atoms with Crippen molar-refractivity contribution in [3.8, 4) is 0 Å². The van der Waals surface area contributed by atoms with Gasteiger partial charge in [0.1, 0.15) is 0 Å². The van der Waals surface area contributed by atoms with E-state index in [-0.39, 0.29) is 0 Å². The van der Waals surface area contributed by atoms with E-state index in [9.17, 15) is 0 Å². The molecule has 0 spiro atoms. The van der Waals surface area contributed by atoms with E-state index < -0.39 is 0 Å². The first-order valence-electron chi connectivity index (χ1n) is 8.13. The normalized spacial score (nSPS) is 13.5. The van der Waals surface area contributed by atoms with Gasteiger partial charge in [0.05, 0.1) is 0 Å². The molecule has 2 nitrogen and oxygen atoms in total. The van der Waals surface area contributed by atoms with Gasteiger partial charge in [0, 0.05) is 18.6 Å². The molecule has 18 heavy (non-hydrogen) atoms. The first-order chi connectivity index (χ1) is 8.67. The molecular weight excluding hydrogens is 220 g/mol. The van der Waals surface area contributed by atoms with Gasteiger partial charge in [0.15, 0.2) is 0 Å². The monoisotopic (exact) mass is 256 g/mol. The van der Waals surface area contributed by atoms with Crippen molar-refractivity contribution in [1.29, 1.82) is 0 Å². The number of unbranched alkanes of at least 4 members (excludes halogenated alkanes) is 6. The molecule has 0 aliphatic rings. The zero-order valence-corrected chi connectivity index (χ0v) is 13.3. The predicted octanol–water partition coefficient (Wildman–Crippen LogP) is 4.18. The van der Waals surface area contributed by atoms with E-state index in [4.69, 9.17) is 5.73 Å². The van der Waals surface area contributed by atoms with Crippen LogP contribution in [0.4, 0.5) is 0 Å². The molecule has 0 aromatic carbocycles. The molecule has 1 unspecified atom stereocenters. The fraction of sp³-hybridized carbons (Fsp3) is 1.00. The van der Waals surface area contributed by atoms with Gasteiger partial charge >= 0.3 is 0 Å². The quantitative estimate of drug-likeness (QED) is 0.531. The maximum atomic E-state index is 5.93. The largest absolute Gasteiger partial charge is 0.329 e. The van der Waals surface area contributed by atoms with Crippen molar-refractivity contribution in [2.75, 3.05) is 13.1 Å². The van der Waals surface area contributed by atoms with Crippen molar-refractivity contribution in [2.45, 2.75) is 91.1 Å². The highest BCUT2D eigenvalue weighted by molar-refractivity contribution is 4.74. The lowest BCUT2D eigenvalue weighted by molar-refractivity contribution is 0.155. The third kappa shape index (κ3) is 8.10. The molecule has 0 bridgehead atoms. The molecule has 0 aromatic heterocycles. The second-order valence-electron chi connectivity index (χ2n) is 5.72. The average Bonchev–Trinajstić information content (AvgIpc) is 2.35. The Labute approximate surface area is 115 Å². The first-order valence-corrected chi connectivity index (χ1v) is 8.13. The minimum atomic E-state index is 0.589. The predicted molar refractivity (Wildman–Crippen MR) is 83.0 cm³/mol. The molecular formula is C16H36N2. The van der Waals surface area contributed by atoms with Crippen molar-refractivity contribution in [1.82, 2.24) is 4.90 Å². The maximum Gasteiger partial charge on any atom is 0.0220 e. The molecule has 0 amide bonds. The number of hydrogen-bond acceptors (Lipinski definition) is 2. The fourth-order valence-electron chi connectivity index (χ4n) is 2.80. The molecule has 2 N–H and O–H groups in total. The fourth-order valence-corrected chi connectivity index (χ4v) is 2.80. The van der Waals surface area contributed by atoms with Crippen LogP contribution in [-0.2, 0) is 0 Å². The summed E-state index contributed by atoms with van der Waals surface area (Å²) in [6.07, 6.45) is 11.0. The SMILES string of the molecule is CCCCCCCCCC(CN)N(CC)C(C)C. The minimum absolute atomic E-state index is 0.589. The number of hydrogen-bond donors (Lipinski definition) is 1. The zero-order chi connectivity index (χ0) is 13.8. The molecule has 110 valence electrons. The van der Waals surface area contributed by atoms with Crippen LogP contribution < -0.4 is 5.73 Å². The highest BCUT2D eigenvalue weighted by Crippen LogP contribution is 2.14. The molecule has 0 aliphatic carbocycles. The molecule has 2 heteroatoms. The van der Waals surface area contributed by atoms with Gasteiger partial charge in [-0.25, -0.2) is 0 Å². The number of likely N-dealkylation sites (N-methyl/N-ethyl adjacent to an activating group) is 1. The molecule has 0 aromatic rings. The van der Waals surface area contributed by atoms with E-state index in [2.05, 4.69) is 32.6 Å². The van der Waals surface area contributed by atoms with E-state index in [0.717, 1.165) is 13.1 Å². The van der Waals surface area contributed by atoms with Crippen LogP contribution >= 0.6 is 0 Å². The van der Waals surface area contributed by atoms with E-state index in [1.165, 1.54) is 51.4 Å². The van der Waals surface area contributed by atoms with Gasteiger partial charge < -0.3 is 5.73 Å². The minimum Gasteiger partial charge on any atom is -0.329 e. The van der Waals surface area contributed by atoms with Gasteiger partial charge in [-0.3, -0.25) is 4.90 Å². The van der Waals surface area contributed by atoms with Crippen molar-refractivity contribution < 1.29 is 0 Å². The van der Waals surface area contributed by atoms with Crippen LogP contribution in [0.1, 0.15) is 79.1 Å². The highest BCUT2D eigenvalue weighted by atomic mass is 15.2. The summed E-state index contributed by atoms with van der Waals surface area (Å²) in [7, 11) is 0. The van der Waals surface area contributed by atoms with Crippen molar-refractivity contribution >= 4 is 0 Å². The van der Waals surface area contributed by atoms with Crippen LogP contribution in [-0.4, -0.2) is 30.1 Å². The number of nitrogens with two attached hydrogens (primary N) is 1. The second-order valence-corrected chi connectivity index (χ2v) is 5.72. The molecule has 1 atom stereocenters. The summed E-state index contributed by atoms with van der Waals surface area (Å²) >= 11 is 0. The summed E-state index contributed by atoms with van der Waals surface area (Å²) in [4.78, 5) is 2.54. The topological polar surface area (TPSA) is 29.3 Å². The zero-order valence-electron chi connectivity index (χ0n) is 13.3. The Morgan fingerprint density at radius 1 is 0.889 bits per heavy atom. The number of rotatable bonds is 12. The van der Waals surface area contributed by atoms with E-state index >= 15 is 0 Å². The third-order valence-corrected chi connectivity index (χ3v) is 3.91. The summed E-state index contributed by atoms with van der Waals surface area (Å²) in [6.45, 7) is 11.0. The summed E-state index contributed by atoms with van der Waals surface area (Å²) in [5, 5.41) is 0. The maximum absolute atomic E-state index is 5.93. The van der Waals surface area contributed by atoms with Crippen LogP contribution in [0.2, 0.25) is 0 Å². The lowest BCUT2D eigenvalue weighted by Gasteiger charge is -2.33. The molecule has 0 saturated heterocycles. The number of nitrogens with zero attached hydrogens (tertiary/aromatic N) is 1. The standard InChI is InChI=1S/C16H36N2/c1-5-7-8-9-10-11-12-13-16(14-17)18(6-2)15(3)4/h15-16H,5-14,17H2,1-4H3. The molecule has 0 heterocycles. The third-order valence-electron chi connectivity index (χ3n) is 3.91. The first kappa shape index (κ1) is 17.9. The molecule has 0 saturated carbocycles. The van der Waals surface area contributed by atoms with Crippen molar-refractivity contribution in [3.05, 3.63) is 0 Å².